The molecule has 2 heterocycles. The van der Waals surface area contributed by atoms with Crippen molar-refractivity contribution >= 4 is 55.8 Å². The zero-order valence-electron chi connectivity index (χ0n) is 13.8. The van der Waals surface area contributed by atoms with Crippen LogP contribution in [0.25, 0.3) is 11.0 Å². The standard InChI is InChI=1S/C19H16BrClN2O3/c20-14-3-1-2-12-10-17(26-18(12)14)19(24)22-15-11-13(21)4-5-16(15)23-6-8-25-9-7-23/h1-5,10-11H,6-9H2,(H,22,24). The van der Waals surface area contributed by atoms with Crippen molar-refractivity contribution in [3.05, 3.63) is 57.7 Å². The summed E-state index contributed by atoms with van der Waals surface area (Å²) in [5.74, 6) is -0.0651. The van der Waals surface area contributed by atoms with Gasteiger partial charge in [0.15, 0.2) is 5.76 Å². The van der Waals surface area contributed by atoms with Gasteiger partial charge in [0.1, 0.15) is 5.58 Å². The van der Waals surface area contributed by atoms with Crippen LogP contribution in [0.3, 0.4) is 0 Å². The number of para-hydroxylation sites is 1. The molecule has 1 N–H and O–H groups in total. The monoisotopic (exact) mass is 434 g/mol. The molecule has 5 nitrogen and oxygen atoms in total. The van der Waals surface area contributed by atoms with Crippen molar-refractivity contribution in [2.75, 3.05) is 36.5 Å². The molecule has 1 aliphatic heterocycles. The van der Waals surface area contributed by atoms with Crippen LogP contribution in [-0.2, 0) is 4.74 Å². The van der Waals surface area contributed by atoms with Gasteiger partial charge in [0.2, 0.25) is 0 Å². The number of hydrogen-bond donors (Lipinski definition) is 1. The molecule has 0 bridgehead atoms. The number of carbonyl (C=O) groups is 1. The van der Waals surface area contributed by atoms with Crippen LogP contribution in [0.2, 0.25) is 5.02 Å². The third kappa shape index (κ3) is 3.45. The summed E-state index contributed by atoms with van der Waals surface area (Å²) in [7, 11) is 0. The SMILES string of the molecule is O=C(Nc1cc(Cl)ccc1N1CCOCC1)c1cc2cccc(Br)c2o1. The Kier molecular flexibility index (Phi) is 4.89. The number of hydrogen-bond acceptors (Lipinski definition) is 4. The average molecular weight is 436 g/mol. The summed E-state index contributed by atoms with van der Waals surface area (Å²) < 4.78 is 11.9. The van der Waals surface area contributed by atoms with Gasteiger partial charge in [-0.25, -0.2) is 0 Å². The van der Waals surface area contributed by atoms with Gasteiger partial charge in [-0.3, -0.25) is 4.79 Å². The molecule has 3 aromatic rings. The molecule has 1 fully saturated rings. The molecular formula is C19H16BrClN2O3. The predicted octanol–water partition coefficient (Wildman–Crippen LogP) is 4.94. The number of morpholine rings is 1. The molecule has 4 rings (SSSR count). The first-order valence-electron chi connectivity index (χ1n) is 8.23. The van der Waals surface area contributed by atoms with Gasteiger partial charge >= 0.3 is 0 Å². The number of carbonyl (C=O) groups excluding carboxylic acids is 1. The van der Waals surface area contributed by atoms with Crippen molar-refractivity contribution < 1.29 is 13.9 Å². The lowest BCUT2D eigenvalue weighted by molar-refractivity contribution is 0.0998. The Bertz CT molecular complexity index is 967. The van der Waals surface area contributed by atoms with E-state index < -0.39 is 0 Å². The molecule has 1 aliphatic rings. The smallest absolute Gasteiger partial charge is 0.291 e. The maximum Gasteiger partial charge on any atom is 0.291 e. The molecule has 2 aromatic carbocycles. The van der Waals surface area contributed by atoms with Gasteiger partial charge in [-0.1, -0.05) is 23.7 Å². The Labute approximate surface area is 164 Å². The van der Waals surface area contributed by atoms with Gasteiger partial charge in [0, 0.05) is 23.5 Å². The van der Waals surface area contributed by atoms with Crippen LogP contribution < -0.4 is 10.2 Å². The van der Waals surface area contributed by atoms with Crippen LogP contribution in [0.4, 0.5) is 11.4 Å². The molecule has 0 saturated carbocycles. The van der Waals surface area contributed by atoms with Crippen LogP contribution in [0.15, 0.2) is 51.4 Å². The Morgan fingerprint density at radius 1 is 1.15 bits per heavy atom. The predicted molar refractivity (Wildman–Crippen MR) is 106 cm³/mol. The van der Waals surface area contributed by atoms with Crippen molar-refractivity contribution in [2.45, 2.75) is 0 Å². The first-order chi connectivity index (χ1) is 12.6. The van der Waals surface area contributed by atoms with Crippen LogP contribution in [0, 0.1) is 0 Å². The van der Waals surface area contributed by atoms with E-state index in [1.807, 2.05) is 30.3 Å². The maximum absolute atomic E-state index is 12.7. The lowest BCUT2D eigenvalue weighted by Gasteiger charge is -2.30. The van der Waals surface area contributed by atoms with Gasteiger partial charge in [-0.2, -0.15) is 0 Å². The molecule has 0 radical (unpaired) electrons. The quantitative estimate of drug-likeness (QED) is 0.633. The Hall–Kier alpha value is -2.02. The fourth-order valence-corrected chi connectivity index (χ4v) is 3.65. The normalized spacial score (nSPS) is 14.6. The minimum Gasteiger partial charge on any atom is -0.450 e. The fourth-order valence-electron chi connectivity index (χ4n) is 3.01. The molecular weight excluding hydrogens is 420 g/mol. The summed E-state index contributed by atoms with van der Waals surface area (Å²) in [6, 6.07) is 12.9. The summed E-state index contributed by atoms with van der Waals surface area (Å²) in [6.07, 6.45) is 0. The number of ether oxygens (including phenoxy) is 1. The summed E-state index contributed by atoms with van der Waals surface area (Å²) in [6.45, 7) is 2.85. The molecule has 26 heavy (non-hydrogen) atoms. The third-order valence-electron chi connectivity index (χ3n) is 4.28. The van der Waals surface area contributed by atoms with Crippen LogP contribution in [0.1, 0.15) is 10.6 Å². The number of benzene rings is 2. The highest BCUT2D eigenvalue weighted by atomic mass is 79.9. The van der Waals surface area contributed by atoms with Crippen LogP contribution in [0.5, 0.6) is 0 Å². The number of furan rings is 1. The minimum absolute atomic E-state index is 0.250. The number of anilines is 2. The van der Waals surface area contributed by atoms with Crippen molar-refractivity contribution in [1.82, 2.24) is 0 Å². The molecule has 1 amide bonds. The second-order valence-electron chi connectivity index (χ2n) is 5.98. The highest BCUT2D eigenvalue weighted by molar-refractivity contribution is 9.10. The van der Waals surface area contributed by atoms with E-state index >= 15 is 0 Å². The Balaban J connectivity index is 1.64. The molecule has 0 atom stereocenters. The van der Waals surface area contributed by atoms with Gasteiger partial charge in [0.25, 0.3) is 5.91 Å². The summed E-state index contributed by atoms with van der Waals surface area (Å²) in [4.78, 5) is 14.9. The molecule has 0 spiro atoms. The number of fused-ring (bicyclic) bond motifs is 1. The van der Waals surface area contributed by atoms with Crippen molar-refractivity contribution in [3.8, 4) is 0 Å². The number of nitrogens with zero attached hydrogens (tertiary/aromatic N) is 1. The second-order valence-corrected chi connectivity index (χ2v) is 7.27. The average Bonchev–Trinajstić information content (AvgIpc) is 3.09. The van der Waals surface area contributed by atoms with E-state index in [2.05, 4.69) is 26.1 Å². The second kappa shape index (κ2) is 7.31. The fraction of sp³-hybridized carbons (Fsp3) is 0.211. The topological polar surface area (TPSA) is 54.7 Å². The first kappa shape index (κ1) is 17.4. The van der Waals surface area contributed by atoms with Gasteiger partial charge in [0.05, 0.1) is 29.1 Å². The van der Waals surface area contributed by atoms with E-state index in [9.17, 15) is 4.79 Å². The largest absolute Gasteiger partial charge is 0.450 e. The number of nitrogens with one attached hydrogen (secondary N) is 1. The molecule has 134 valence electrons. The van der Waals surface area contributed by atoms with E-state index in [0.717, 1.165) is 28.6 Å². The zero-order chi connectivity index (χ0) is 18.1. The third-order valence-corrected chi connectivity index (χ3v) is 5.14. The lowest BCUT2D eigenvalue weighted by atomic mass is 10.2. The Morgan fingerprint density at radius 3 is 2.73 bits per heavy atom. The Morgan fingerprint density at radius 2 is 1.96 bits per heavy atom. The minimum atomic E-state index is -0.315. The van der Waals surface area contributed by atoms with Crippen molar-refractivity contribution in [3.63, 3.8) is 0 Å². The summed E-state index contributed by atoms with van der Waals surface area (Å²) >= 11 is 9.58. The summed E-state index contributed by atoms with van der Waals surface area (Å²) in [5, 5.41) is 4.36. The number of rotatable bonds is 3. The lowest BCUT2D eigenvalue weighted by Crippen LogP contribution is -2.36. The van der Waals surface area contributed by atoms with Gasteiger partial charge < -0.3 is 19.4 Å². The van der Waals surface area contributed by atoms with E-state index in [0.29, 0.717) is 29.5 Å². The molecule has 1 saturated heterocycles. The van der Waals surface area contributed by atoms with Crippen LogP contribution >= 0.6 is 27.5 Å². The van der Waals surface area contributed by atoms with Gasteiger partial charge in [-0.15, -0.1) is 0 Å². The number of halogens is 2. The molecule has 0 unspecified atom stereocenters. The first-order valence-corrected chi connectivity index (χ1v) is 9.40. The van der Waals surface area contributed by atoms with E-state index in [-0.39, 0.29) is 11.7 Å². The van der Waals surface area contributed by atoms with Crippen molar-refractivity contribution in [1.29, 1.82) is 0 Å². The molecule has 7 heteroatoms. The maximum atomic E-state index is 12.7. The highest BCUT2D eigenvalue weighted by Crippen LogP contribution is 2.31. The molecule has 1 aromatic heterocycles. The highest BCUT2D eigenvalue weighted by Gasteiger charge is 2.19. The van der Waals surface area contributed by atoms with E-state index in [1.54, 1.807) is 12.1 Å². The number of amides is 1. The van der Waals surface area contributed by atoms with E-state index in [1.165, 1.54) is 0 Å². The van der Waals surface area contributed by atoms with E-state index in [4.69, 9.17) is 20.8 Å². The van der Waals surface area contributed by atoms with Crippen LogP contribution in [-0.4, -0.2) is 32.2 Å². The molecule has 0 aliphatic carbocycles. The summed E-state index contributed by atoms with van der Waals surface area (Å²) in [5.41, 5.74) is 2.23. The zero-order valence-corrected chi connectivity index (χ0v) is 16.1. The van der Waals surface area contributed by atoms with Gasteiger partial charge in [-0.05, 0) is 46.3 Å². The van der Waals surface area contributed by atoms with Crippen molar-refractivity contribution in [2.24, 2.45) is 0 Å².